The fourth-order valence-electron chi connectivity index (χ4n) is 1.90. The van der Waals surface area contributed by atoms with E-state index in [2.05, 4.69) is 63.2 Å². The summed E-state index contributed by atoms with van der Waals surface area (Å²) in [6.07, 6.45) is 6.62. The van der Waals surface area contributed by atoms with Gasteiger partial charge in [0.05, 0.1) is 6.04 Å². The van der Waals surface area contributed by atoms with Gasteiger partial charge in [-0.25, -0.2) is 0 Å². The first-order chi connectivity index (χ1) is 8.08. The smallest absolute Gasteiger partial charge is 0.0714 e. The van der Waals surface area contributed by atoms with Crippen LogP contribution in [0.25, 0.3) is 0 Å². The van der Waals surface area contributed by atoms with E-state index in [4.69, 9.17) is 6.42 Å². The number of aryl methyl sites for hydroxylation is 1. The van der Waals surface area contributed by atoms with Crippen molar-refractivity contribution in [3.63, 3.8) is 0 Å². The van der Waals surface area contributed by atoms with Gasteiger partial charge in [-0.05, 0) is 24.8 Å². The second-order valence-electron chi connectivity index (χ2n) is 4.93. The first-order valence-corrected chi connectivity index (χ1v) is 6.37. The zero-order valence-electron chi connectivity index (χ0n) is 11.3. The molecule has 0 saturated heterocycles. The van der Waals surface area contributed by atoms with Crippen LogP contribution < -0.4 is 5.32 Å². The van der Waals surface area contributed by atoms with E-state index in [1.54, 1.807) is 0 Å². The lowest BCUT2D eigenvalue weighted by molar-refractivity contribution is 0.408. The van der Waals surface area contributed by atoms with Crippen LogP contribution >= 0.6 is 0 Å². The van der Waals surface area contributed by atoms with Gasteiger partial charge in [-0.15, -0.1) is 6.42 Å². The molecule has 0 aliphatic rings. The second kappa shape index (κ2) is 6.47. The van der Waals surface area contributed by atoms with Gasteiger partial charge in [0, 0.05) is 6.04 Å². The summed E-state index contributed by atoms with van der Waals surface area (Å²) >= 11 is 0. The third kappa shape index (κ3) is 3.91. The summed E-state index contributed by atoms with van der Waals surface area (Å²) in [4.78, 5) is 0. The van der Waals surface area contributed by atoms with Crippen molar-refractivity contribution in [3.8, 4) is 12.3 Å². The highest BCUT2D eigenvalue weighted by Crippen LogP contribution is 2.19. The molecule has 2 atom stereocenters. The van der Waals surface area contributed by atoms with Crippen molar-refractivity contribution in [2.45, 2.75) is 46.2 Å². The average molecular weight is 229 g/mol. The molecular formula is C16H23N. The van der Waals surface area contributed by atoms with Crippen LogP contribution in [0, 0.1) is 25.2 Å². The van der Waals surface area contributed by atoms with Gasteiger partial charge in [0.2, 0.25) is 0 Å². The van der Waals surface area contributed by atoms with Crippen molar-refractivity contribution < 1.29 is 0 Å². The summed E-state index contributed by atoms with van der Waals surface area (Å²) in [5.41, 5.74) is 2.61. The normalized spacial score (nSPS) is 14.4. The van der Waals surface area contributed by atoms with Gasteiger partial charge in [0.1, 0.15) is 0 Å². The molecule has 0 fully saturated rings. The Morgan fingerprint density at radius 3 is 2.24 bits per heavy atom. The fourth-order valence-corrected chi connectivity index (χ4v) is 1.90. The average Bonchev–Trinajstić information content (AvgIpc) is 2.32. The molecule has 1 rings (SSSR count). The summed E-state index contributed by atoms with van der Waals surface area (Å²) in [5, 5.41) is 3.55. The van der Waals surface area contributed by atoms with Gasteiger partial charge >= 0.3 is 0 Å². The van der Waals surface area contributed by atoms with E-state index in [1.807, 2.05) is 0 Å². The van der Waals surface area contributed by atoms with Crippen molar-refractivity contribution in [1.82, 2.24) is 5.32 Å². The van der Waals surface area contributed by atoms with Crippen molar-refractivity contribution in [1.29, 1.82) is 0 Å². The van der Waals surface area contributed by atoms with Gasteiger partial charge in [-0.2, -0.15) is 0 Å². The Morgan fingerprint density at radius 1 is 1.24 bits per heavy atom. The fraction of sp³-hybridized carbons (Fsp3) is 0.500. The number of rotatable bonds is 5. The van der Waals surface area contributed by atoms with Gasteiger partial charge in [0.25, 0.3) is 0 Å². The molecule has 1 heteroatoms. The molecule has 1 aromatic rings. The van der Waals surface area contributed by atoms with Crippen LogP contribution in [0.4, 0.5) is 0 Å². The summed E-state index contributed by atoms with van der Waals surface area (Å²) in [5.74, 6) is 3.29. The Morgan fingerprint density at radius 2 is 1.82 bits per heavy atom. The molecule has 1 nitrogen and oxygen atoms in total. The number of terminal acetylenes is 1. The third-order valence-corrected chi connectivity index (χ3v) is 3.11. The quantitative estimate of drug-likeness (QED) is 0.759. The van der Waals surface area contributed by atoms with Crippen LogP contribution in [0.1, 0.15) is 44.4 Å². The maximum Gasteiger partial charge on any atom is 0.0714 e. The van der Waals surface area contributed by atoms with E-state index < -0.39 is 0 Å². The van der Waals surface area contributed by atoms with Crippen molar-refractivity contribution >= 4 is 0 Å². The number of nitrogens with one attached hydrogen (secondary N) is 1. The highest BCUT2D eigenvalue weighted by molar-refractivity contribution is 5.24. The predicted molar refractivity (Wildman–Crippen MR) is 74.8 cm³/mol. The molecule has 0 aliphatic carbocycles. The topological polar surface area (TPSA) is 12.0 Å². The van der Waals surface area contributed by atoms with E-state index in [0.29, 0.717) is 12.0 Å². The third-order valence-electron chi connectivity index (χ3n) is 3.11. The largest absolute Gasteiger partial charge is 0.297 e. The van der Waals surface area contributed by atoms with Gasteiger partial charge in [-0.3, -0.25) is 5.32 Å². The molecule has 0 amide bonds. The van der Waals surface area contributed by atoms with Gasteiger partial charge < -0.3 is 0 Å². The molecule has 17 heavy (non-hydrogen) atoms. The van der Waals surface area contributed by atoms with E-state index in [0.717, 1.165) is 6.42 Å². The Bertz CT molecular complexity index is 370. The monoisotopic (exact) mass is 229 g/mol. The lowest BCUT2D eigenvalue weighted by atomic mass is 9.99. The van der Waals surface area contributed by atoms with E-state index in [-0.39, 0.29) is 6.04 Å². The molecule has 92 valence electrons. The Kier molecular flexibility index (Phi) is 5.25. The Hall–Kier alpha value is -1.26. The molecule has 0 bridgehead atoms. The molecule has 0 aliphatic heterocycles. The minimum absolute atomic E-state index is 0.140. The molecule has 0 heterocycles. The molecule has 0 radical (unpaired) electrons. The Labute approximate surface area is 106 Å². The van der Waals surface area contributed by atoms with Gasteiger partial charge in [-0.1, -0.05) is 56.5 Å². The summed E-state index contributed by atoms with van der Waals surface area (Å²) in [6.45, 7) is 8.60. The minimum atomic E-state index is 0.140. The molecule has 1 N–H and O–H groups in total. The van der Waals surface area contributed by atoms with Crippen molar-refractivity contribution in [2.75, 3.05) is 0 Å². The first kappa shape index (κ1) is 13.8. The number of hydrogen-bond acceptors (Lipinski definition) is 1. The number of hydrogen-bond donors (Lipinski definition) is 1. The highest BCUT2D eigenvalue weighted by Gasteiger charge is 2.16. The van der Waals surface area contributed by atoms with E-state index in [1.165, 1.54) is 11.1 Å². The summed E-state index contributed by atoms with van der Waals surface area (Å²) in [7, 11) is 0. The zero-order valence-corrected chi connectivity index (χ0v) is 11.3. The maximum absolute atomic E-state index is 5.57. The number of benzene rings is 1. The molecule has 2 unspecified atom stereocenters. The SMILES string of the molecule is C#CC(NC(CC)c1ccc(C)cc1)C(C)C. The van der Waals surface area contributed by atoms with Crippen LogP contribution in [-0.2, 0) is 0 Å². The minimum Gasteiger partial charge on any atom is -0.297 e. The summed E-state index contributed by atoms with van der Waals surface area (Å²) in [6, 6.07) is 9.16. The van der Waals surface area contributed by atoms with Crippen molar-refractivity contribution in [3.05, 3.63) is 35.4 Å². The second-order valence-corrected chi connectivity index (χ2v) is 4.93. The molecule has 1 aromatic carbocycles. The predicted octanol–water partition coefficient (Wildman–Crippen LogP) is 3.69. The Balaban J connectivity index is 2.78. The standard InChI is InChI=1S/C16H23N/c1-6-15(12(3)4)17-16(7-2)14-10-8-13(5)9-11-14/h1,8-12,15-17H,7H2,2-5H3. The van der Waals surface area contributed by atoms with E-state index >= 15 is 0 Å². The van der Waals surface area contributed by atoms with Crippen LogP contribution in [0.2, 0.25) is 0 Å². The molecule has 0 spiro atoms. The van der Waals surface area contributed by atoms with Crippen LogP contribution in [0.3, 0.4) is 0 Å². The van der Waals surface area contributed by atoms with Crippen molar-refractivity contribution in [2.24, 2.45) is 5.92 Å². The van der Waals surface area contributed by atoms with Crippen LogP contribution in [0.5, 0.6) is 0 Å². The lowest BCUT2D eigenvalue weighted by Crippen LogP contribution is -2.35. The first-order valence-electron chi connectivity index (χ1n) is 6.37. The molecule has 0 saturated carbocycles. The van der Waals surface area contributed by atoms with E-state index in [9.17, 15) is 0 Å². The summed E-state index contributed by atoms with van der Waals surface area (Å²) < 4.78 is 0. The maximum atomic E-state index is 5.57. The van der Waals surface area contributed by atoms with Gasteiger partial charge in [0.15, 0.2) is 0 Å². The lowest BCUT2D eigenvalue weighted by Gasteiger charge is -2.24. The van der Waals surface area contributed by atoms with Crippen LogP contribution in [0.15, 0.2) is 24.3 Å². The highest BCUT2D eigenvalue weighted by atomic mass is 14.9. The molecular weight excluding hydrogens is 206 g/mol. The zero-order chi connectivity index (χ0) is 12.8. The molecule has 0 aromatic heterocycles. The van der Waals surface area contributed by atoms with Crippen LogP contribution in [-0.4, -0.2) is 6.04 Å².